The number of nitrogens with zero attached hydrogens (tertiary/aromatic N) is 1. The Kier molecular flexibility index (Phi) is 4.44. The number of aryl methyl sites for hydroxylation is 2. The molecule has 2 rings (SSSR count). The molecule has 1 fully saturated rings. The molecule has 116 valence electrons. The van der Waals surface area contributed by atoms with Crippen LogP contribution in [-0.2, 0) is 0 Å². The van der Waals surface area contributed by atoms with Gasteiger partial charge in [0.25, 0.3) is 0 Å². The van der Waals surface area contributed by atoms with Crippen LogP contribution in [0.2, 0.25) is 0 Å². The number of nitrogens with one attached hydrogen (secondary N) is 1. The van der Waals surface area contributed by atoms with Gasteiger partial charge in [-0.3, -0.25) is 0 Å². The third-order valence-corrected chi connectivity index (χ3v) is 3.80. The van der Waals surface area contributed by atoms with Crippen LogP contribution in [0.5, 0.6) is 0 Å². The Labute approximate surface area is 122 Å². The summed E-state index contributed by atoms with van der Waals surface area (Å²) in [6.07, 6.45) is -3.76. The lowest BCUT2D eigenvalue weighted by atomic mass is 9.98. The van der Waals surface area contributed by atoms with E-state index in [0.717, 1.165) is 11.1 Å². The lowest BCUT2D eigenvalue weighted by Gasteiger charge is -2.33. The zero-order valence-electron chi connectivity index (χ0n) is 12.1. The van der Waals surface area contributed by atoms with Crippen LogP contribution >= 0.6 is 0 Å². The Hall–Kier alpha value is -1.72. The molecule has 0 saturated carbocycles. The van der Waals surface area contributed by atoms with E-state index in [-0.39, 0.29) is 13.0 Å². The number of rotatable bonds is 1. The molecule has 1 aromatic rings. The predicted molar refractivity (Wildman–Crippen MR) is 75.3 cm³/mol. The number of likely N-dealkylation sites (tertiary alicyclic amines) is 1. The van der Waals surface area contributed by atoms with E-state index in [1.165, 1.54) is 4.90 Å². The molecule has 0 aromatic heterocycles. The van der Waals surface area contributed by atoms with Gasteiger partial charge in [-0.1, -0.05) is 17.7 Å². The number of anilines is 1. The first-order valence-electron chi connectivity index (χ1n) is 6.97. The summed E-state index contributed by atoms with van der Waals surface area (Å²) in [6.45, 7) is 3.90. The van der Waals surface area contributed by atoms with Crippen molar-refractivity contribution in [1.29, 1.82) is 0 Å². The van der Waals surface area contributed by atoms with Crippen LogP contribution in [0.25, 0.3) is 0 Å². The predicted octanol–water partition coefficient (Wildman–Crippen LogP) is 4.11. The van der Waals surface area contributed by atoms with E-state index in [9.17, 15) is 18.0 Å². The number of carbonyl (C=O) groups is 1. The van der Waals surface area contributed by atoms with Crippen molar-refractivity contribution in [2.75, 3.05) is 18.4 Å². The molecule has 1 aliphatic rings. The maximum Gasteiger partial charge on any atom is 0.393 e. The van der Waals surface area contributed by atoms with Crippen molar-refractivity contribution >= 4 is 11.7 Å². The molecule has 1 atom stereocenters. The van der Waals surface area contributed by atoms with Gasteiger partial charge in [0.15, 0.2) is 0 Å². The molecule has 0 bridgehead atoms. The molecule has 1 aliphatic heterocycles. The number of urea groups is 1. The molecule has 0 unspecified atom stereocenters. The molecule has 1 heterocycles. The summed E-state index contributed by atoms with van der Waals surface area (Å²) < 4.78 is 38.3. The number of carbonyl (C=O) groups excluding carboxylic acids is 1. The Morgan fingerprint density at radius 3 is 2.67 bits per heavy atom. The van der Waals surface area contributed by atoms with Gasteiger partial charge in [-0.15, -0.1) is 0 Å². The molecule has 21 heavy (non-hydrogen) atoms. The maximum absolute atomic E-state index is 12.8. The fraction of sp³-hybridized carbons (Fsp3) is 0.533. The number of halogens is 3. The van der Waals surface area contributed by atoms with Gasteiger partial charge in [-0.05, 0) is 38.3 Å². The van der Waals surface area contributed by atoms with E-state index in [1.54, 1.807) is 6.07 Å². The summed E-state index contributed by atoms with van der Waals surface area (Å²) in [5, 5.41) is 2.70. The normalized spacial score (nSPS) is 19.5. The van der Waals surface area contributed by atoms with Crippen molar-refractivity contribution in [2.45, 2.75) is 32.9 Å². The average molecular weight is 300 g/mol. The second-order valence-electron chi connectivity index (χ2n) is 5.58. The van der Waals surface area contributed by atoms with E-state index in [4.69, 9.17) is 0 Å². The highest BCUT2D eigenvalue weighted by Gasteiger charge is 2.42. The first-order valence-corrected chi connectivity index (χ1v) is 6.97. The molecule has 0 radical (unpaired) electrons. The molecule has 3 nitrogen and oxygen atoms in total. The molecule has 0 spiro atoms. The van der Waals surface area contributed by atoms with Crippen LogP contribution in [-0.4, -0.2) is 30.2 Å². The maximum atomic E-state index is 12.8. The number of hydrogen-bond acceptors (Lipinski definition) is 1. The van der Waals surface area contributed by atoms with Crippen LogP contribution in [0.1, 0.15) is 24.0 Å². The summed E-state index contributed by atoms with van der Waals surface area (Å²) in [5.74, 6) is -1.42. The van der Waals surface area contributed by atoms with Crippen molar-refractivity contribution < 1.29 is 18.0 Å². The van der Waals surface area contributed by atoms with Gasteiger partial charge in [-0.2, -0.15) is 13.2 Å². The standard InChI is InChI=1S/C15H19F3N2O/c1-10-5-6-13(11(2)8-10)19-14(21)20-7-3-4-12(9-20)15(16,17)18/h5-6,8,12H,3-4,7,9H2,1-2H3,(H,19,21)/t12-/m0/s1. The minimum Gasteiger partial charge on any atom is -0.324 e. The van der Waals surface area contributed by atoms with Crippen LogP contribution in [0.4, 0.5) is 23.7 Å². The zero-order valence-corrected chi connectivity index (χ0v) is 12.1. The highest BCUT2D eigenvalue weighted by molar-refractivity contribution is 5.90. The Morgan fingerprint density at radius 1 is 1.33 bits per heavy atom. The van der Waals surface area contributed by atoms with Gasteiger partial charge in [0.2, 0.25) is 0 Å². The summed E-state index contributed by atoms with van der Waals surface area (Å²) in [5.41, 5.74) is 2.60. The SMILES string of the molecule is Cc1ccc(NC(=O)N2CCC[C@H](C(F)(F)F)C2)c(C)c1. The average Bonchev–Trinajstić information content (AvgIpc) is 2.41. The van der Waals surface area contributed by atoms with Crippen LogP contribution in [0.3, 0.4) is 0 Å². The number of benzene rings is 1. The van der Waals surface area contributed by atoms with Crippen LogP contribution < -0.4 is 5.32 Å². The van der Waals surface area contributed by atoms with Gasteiger partial charge in [0.05, 0.1) is 5.92 Å². The second-order valence-corrected chi connectivity index (χ2v) is 5.58. The van der Waals surface area contributed by atoms with Crippen molar-refractivity contribution in [2.24, 2.45) is 5.92 Å². The van der Waals surface area contributed by atoms with Gasteiger partial charge in [0, 0.05) is 18.8 Å². The summed E-state index contributed by atoms with van der Waals surface area (Å²) >= 11 is 0. The Bertz CT molecular complexity index is 528. The van der Waals surface area contributed by atoms with Crippen molar-refractivity contribution in [1.82, 2.24) is 4.90 Å². The molecule has 0 aliphatic carbocycles. The smallest absolute Gasteiger partial charge is 0.324 e. The molecule has 1 saturated heterocycles. The molecular weight excluding hydrogens is 281 g/mol. The number of alkyl halides is 3. The summed E-state index contributed by atoms with van der Waals surface area (Å²) in [7, 11) is 0. The minimum absolute atomic E-state index is 0.0941. The molecule has 2 amide bonds. The van der Waals surface area contributed by atoms with E-state index >= 15 is 0 Å². The third kappa shape index (κ3) is 3.89. The first kappa shape index (κ1) is 15.7. The minimum atomic E-state index is -4.24. The van der Waals surface area contributed by atoms with Gasteiger partial charge in [-0.25, -0.2) is 4.79 Å². The van der Waals surface area contributed by atoms with Gasteiger partial charge in [0.1, 0.15) is 0 Å². The zero-order chi connectivity index (χ0) is 15.6. The third-order valence-electron chi connectivity index (χ3n) is 3.80. The van der Waals surface area contributed by atoms with Crippen LogP contribution in [0.15, 0.2) is 18.2 Å². The fourth-order valence-electron chi connectivity index (χ4n) is 2.58. The number of hydrogen-bond donors (Lipinski definition) is 1. The molecule has 6 heteroatoms. The highest BCUT2D eigenvalue weighted by atomic mass is 19.4. The summed E-state index contributed by atoms with van der Waals surface area (Å²) in [6, 6.07) is 5.09. The van der Waals surface area contributed by atoms with Gasteiger partial charge < -0.3 is 10.2 Å². The van der Waals surface area contributed by atoms with E-state index < -0.39 is 18.1 Å². The second kappa shape index (κ2) is 5.95. The lowest BCUT2D eigenvalue weighted by molar-refractivity contribution is -0.183. The quantitative estimate of drug-likeness (QED) is 0.831. The van der Waals surface area contributed by atoms with Crippen molar-refractivity contribution in [3.8, 4) is 0 Å². The Balaban J connectivity index is 2.03. The van der Waals surface area contributed by atoms with Crippen LogP contribution in [0, 0.1) is 19.8 Å². The number of amides is 2. The van der Waals surface area contributed by atoms with Crippen molar-refractivity contribution in [3.63, 3.8) is 0 Å². The molecule has 1 N–H and O–H groups in total. The van der Waals surface area contributed by atoms with Crippen molar-refractivity contribution in [3.05, 3.63) is 29.3 Å². The topological polar surface area (TPSA) is 32.3 Å². The number of piperidine rings is 1. The van der Waals surface area contributed by atoms with E-state index in [2.05, 4.69) is 5.32 Å². The van der Waals surface area contributed by atoms with Gasteiger partial charge >= 0.3 is 12.2 Å². The fourth-order valence-corrected chi connectivity index (χ4v) is 2.58. The van der Waals surface area contributed by atoms with E-state index in [1.807, 2.05) is 26.0 Å². The summed E-state index contributed by atoms with van der Waals surface area (Å²) in [4.78, 5) is 13.4. The first-order chi connectivity index (χ1) is 9.77. The largest absolute Gasteiger partial charge is 0.393 e. The Morgan fingerprint density at radius 2 is 2.05 bits per heavy atom. The molecule has 1 aromatic carbocycles. The highest BCUT2D eigenvalue weighted by Crippen LogP contribution is 2.33. The molecular formula is C15H19F3N2O. The van der Waals surface area contributed by atoms with E-state index in [0.29, 0.717) is 18.7 Å². The monoisotopic (exact) mass is 300 g/mol. The lowest BCUT2D eigenvalue weighted by Crippen LogP contribution is -2.46.